The minimum Gasteiger partial charge on any atom is -0.393 e. The lowest BCUT2D eigenvalue weighted by Gasteiger charge is -2.31. The first-order chi connectivity index (χ1) is 12.1. The van der Waals surface area contributed by atoms with Crippen LogP contribution in [0.5, 0.6) is 0 Å². The second-order valence-corrected chi connectivity index (χ2v) is 17.5. The predicted octanol–water partition coefficient (Wildman–Crippen LogP) is 2.95. The first kappa shape index (κ1) is 28.7. The molecular formula is C18H49N3O2Si3. The van der Waals surface area contributed by atoms with Crippen LogP contribution < -0.4 is 4.65 Å². The average Bonchev–Trinajstić information content (AvgIpc) is 2.46. The van der Waals surface area contributed by atoms with Gasteiger partial charge in [-0.25, -0.2) is 0 Å². The van der Waals surface area contributed by atoms with Crippen molar-refractivity contribution in [1.82, 2.24) is 14.4 Å². The minimum atomic E-state index is -1.98. The molecule has 0 spiro atoms. The number of hydrogen-bond donors (Lipinski definition) is 1. The molecule has 0 aromatic carbocycles. The molecule has 26 heavy (non-hydrogen) atoms. The van der Waals surface area contributed by atoms with Crippen molar-refractivity contribution in [3.8, 4) is 0 Å². The Morgan fingerprint density at radius 3 is 1.27 bits per heavy atom. The third-order valence-electron chi connectivity index (χ3n) is 3.74. The fraction of sp³-hybridized carbons (Fsp3) is 1.00. The summed E-state index contributed by atoms with van der Waals surface area (Å²) in [5.74, 6) is 0. The van der Waals surface area contributed by atoms with Crippen molar-refractivity contribution in [2.45, 2.75) is 65.0 Å². The van der Waals surface area contributed by atoms with Gasteiger partial charge in [-0.05, 0) is 40.3 Å². The highest BCUT2D eigenvalue weighted by Crippen LogP contribution is 2.23. The van der Waals surface area contributed by atoms with E-state index in [1.807, 2.05) is 0 Å². The molecule has 0 amide bonds. The Morgan fingerprint density at radius 1 is 0.731 bits per heavy atom. The van der Waals surface area contributed by atoms with Gasteiger partial charge in [0.15, 0.2) is 0 Å². The third kappa shape index (κ3) is 19.2. The van der Waals surface area contributed by atoms with E-state index in [1.54, 1.807) is 0 Å². The van der Waals surface area contributed by atoms with Gasteiger partial charge in [0.1, 0.15) is 0 Å². The van der Waals surface area contributed by atoms with E-state index in [0.29, 0.717) is 0 Å². The van der Waals surface area contributed by atoms with Crippen LogP contribution in [0.2, 0.25) is 38.3 Å². The topological polar surface area (TPSA) is 37.0 Å². The van der Waals surface area contributed by atoms with Gasteiger partial charge in [-0.15, -0.1) is 0 Å². The van der Waals surface area contributed by atoms with Gasteiger partial charge in [-0.2, -0.15) is 0 Å². The Kier molecular flexibility index (Phi) is 19.3. The maximum Gasteiger partial charge on any atom is 0.338 e. The Bertz CT molecular complexity index is 279. The highest BCUT2D eigenvalue weighted by atomic mass is 28.4. The molecular weight excluding hydrogens is 374 g/mol. The summed E-state index contributed by atoms with van der Waals surface area (Å²) in [5.41, 5.74) is 0. The normalized spacial score (nSPS) is 12.2. The van der Waals surface area contributed by atoms with Gasteiger partial charge in [0.05, 0.1) is 17.9 Å². The highest BCUT2D eigenvalue weighted by Gasteiger charge is 2.35. The van der Waals surface area contributed by atoms with Crippen LogP contribution in [0.25, 0.3) is 0 Å². The van der Waals surface area contributed by atoms with Gasteiger partial charge in [0.25, 0.3) is 0 Å². The van der Waals surface area contributed by atoms with Crippen LogP contribution in [0.4, 0.5) is 0 Å². The molecule has 0 saturated carbocycles. The lowest BCUT2D eigenvalue weighted by atomic mass is 10.6. The van der Waals surface area contributed by atoms with Crippen molar-refractivity contribution in [3.63, 3.8) is 0 Å². The number of likely N-dealkylation sites (N-methyl/N-ethyl adjacent to an activating group) is 2. The number of nitrogens with zero attached hydrogens (tertiary/aromatic N) is 2. The van der Waals surface area contributed by atoms with E-state index in [4.69, 9.17) is 8.85 Å². The molecule has 0 fully saturated rings. The Labute approximate surface area is 169 Å². The second kappa shape index (κ2) is 17.5. The van der Waals surface area contributed by atoms with Crippen molar-refractivity contribution < 1.29 is 8.85 Å². The molecule has 1 N–H and O–H groups in total. The molecule has 0 aromatic rings. The summed E-state index contributed by atoms with van der Waals surface area (Å²) in [7, 11) is 5.51. The fourth-order valence-corrected chi connectivity index (χ4v) is 11.4. The molecule has 0 unspecified atom stereocenters. The molecule has 5 nitrogen and oxygen atoms in total. The quantitative estimate of drug-likeness (QED) is 0.435. The maximum absolute atomic E-state index is 6.26. The summed E-state index contributed by atoms with van der Waals surface area (Å²) in [6.07, 6.45) is 2.30. The summed E-state index contributed by atoms with van der Waals surface area (Å²) in [4.78, 5) is 4.33. The standard InChI is InChI=1S/C14H34N2O2Si.C4H15NSi2/c1-7-13-19(14-8-2,17-11-9-15(3)4)18-12-10-16(5)6;1-6(2)5-7(3)4/h7-14H2,1-6H3;5-7H,1-4H3. The maximum atomic E-state index is 6.26. The van der Waals surface area contributed by atoms with Crippen LogP contribution in [0.3, 0.4) is 0 Å². The van der Waals surface area contributed by atoms with Gasteiger partial charge in [0, 0.05) is 26.3 Å². The lowest BCUT2D eigenvalue weighted by molar-refractivity contribution is 0.144. The number of rotatable bonds is 14. The average molecular weight is 424 g/mol. The molecule has 0 rings (SSSR count). The van der Waals surface area contributed by atoms with E-state index in [2.05, 4.69) is 82.7 Å². The smallest absolute Gasteiger partial charge is 0.338 e. The van der Waals surface area contributed by atoms with Crippen molar-refractivity contribution >= 4 is 26.5 Å². The van der Waals surface area contributed by atoms with E-state index in [9.17, 15) is 0 Å². The zero-order valence-corrected chi connectivity index (χ0v) is 22.8. The molecule has 0 aliphatic rings. The van der Waals surface area contributed by atoms with Gasteiger partial charge < -0.3 is 23.3 Å². The van der Waals surface area contributed by atoms with Crippen LogP contribution in [0, 0.1) is 0 Å². The van der Waals surface area contributed by atoms with Crippen LogP contribution in [0.15, 0.2) is 0 Å². The second-order valence-electron chi connectivity index (χ2n) is 8.19. The monoisotopic (exact) mass is 423 g/mol. The van der Waals surface area contributed by atoms with Crippen LogP contribution in [-0.4, -0.2) is 90.8 Å². The number of nitrogens with one attached hydrogen (secondary N) is 1. The molecule has 0 saturated heterocycles. The van der Waals surface area contributed by atoms with Gasteiger partial charge in [-0.3, -0.25) is 0 Å². The molecule has 0 aliphatic heterocycles. The van der Waals surface area contributed by atoms with Crippen molar-refractivity contribution in [2.24, 2.45) is 0 Å². The fourth-order valence-electron chi connectivity index (χ4n) is 2.71. The molecule has 0 heterocycles. The van der Waals surface area contributed by atoms with Crippen LogP contribution >= 0.6 is 0 Å². The molecule has 0 aliphatic carbocycles. The Balaban J connectivity index is 0. The summed E-state index contributed by atoms with van der Waals surface area (Å²) >= 11 is 0. The summed E-state index contributed by atoms with van der Waals surface area (Å²) in [6, 6.07) is 2.23. The first-order valence-corrected chi connectivity index (χ1v) is 18.4. The van der Waals surface area contributed by atoms with Crippen LogP contribution in [-0.2, 0) is 8.85 Å². The SMILES string of the molecule is CCC[Si](CCC)(OCCN(C)C)OCCN(C)C.C[SiH](C)N[SiH](C)C. The third-order valence-corrected chi connectivity index (χ3v) is 13.1. The van der Waals surface area contributed by atoms with Crippen LogP contribution in [0.1, 0.15) is 26.7 Å². The highest BCUT2D eigenvalue weighted by molar-refractivity contribution is 6.70. The first-order valence-electron chi connectivity index (χ1n) is 10.4. The van der Waals surface area contributed by atoms with Crippen molar-refractivity contribution in [2.75, 3.05) is 54.5 Å². The molecule has 160 valence electrons. The van der Waals surface area contributed by atoms with Gasteiger partial charge in [0.2, 0.25) is 0 Å². The zero-order valence-electron chi connectivity index (χ0n) is 19.5. The Morgan fingerprint density at radius 2 is 1.08 bits per heavy atom. The van der Waals surface area contributed by atoms with Crippen molar-refractivity contribution in [1.29, 1.82) is 0 Å². The molecule has 8 heteroatoms. The van der Waals surface area contributed by atoms with E-state index in [0.717, 1.165) is 51.2 Å². The molecule has 0 radical (unpaired) electrons. The van der Waals surface area contributed by atoms with Gasteiger partial charge >= 0.3 is 8.56 Å². The predicted molar refractivity (Wildman–Crippen MR) is 126 cm³/mol. The summed E-state index contributed by atoms with van der Waals surface area (Å²) in [5, 5.41) is 0. The van der Waals surface area contributed by atoms with E-state index in [1.165, 1.54) is 0 Å². The molecule has 0 atom stereocenters. The zero-order chi connectivity index (χ0) is 20.6. The summed E-state index contributed by atoms with van der Waals surface area (Å²) < 4.78 is 16.1. The lowest BCUT2D eigenvalue weighted by Crippen LogP contribution is -2.44. The Hall–Kier alpha value is 0.451. The minimum absolute atomic E-state index is 0.417. The molecule has 0 bridgehead atoms. The molecule has 0 aromatic heterocycles. The summed E-state index contributed by atoms with van der Waals surface area (Å²) in [6.45, 7) is 17.3. The van der Waals surface area contributed by atoms with Gasteiger partial charge in [-0.1, -0.05) is 52.9 Å². The van der Waals surface area contributed by atoms with E-state index < -0.39 is 26.5 Å². The van der Waals surface area contributed by atoms with E-state index in [-0.39, 0.29) is 0 Å². The largest absolute Gasteiger partial charge is 0.393 e. The van der Waals surface area contributed by atoms with Crippen molar-refractivity contribution in [3.05, 3.63) is 0 Å². The van der Waals surface area contributed by atoms with E-state index >= 15 is 0 Å². The number of hydrogen-bond acceptors (Lipinski definition) is 5.